The molecule has 0 amide bonds. The van der Waals surface area contributed by atoms with Crippen LogP contribution in [0.15, 0.2) is 48.8 Å². The van der Waals surface area contributed by atoms with E-state index in [4.69, 9.17) is 4.74 Å². The van der Waals surface area contributed by atoms with Crippen LogP contribution in [0.1, 0.15) is 30.9 Å². The first kappa shape index (κ1) is 16.7. The fourth-order valence-electron chi connectivity index (χ4n) is 2.85. The van der Waals surface area contributed by atoms with Crippen LogP contribution in [0.3, 0.4) is 0 Å². The van der Waals surface area contributed by atoms with Gasteiger partial charge in [-0.25, -0.2) is 9.97 Å². The number of rotatable bonds is 6. The lowest BCUT2D eigenvalue weighted by Crippen LogP contribution is -2.38. The van der Waals surface area contributed by atoms with Crippen molar-refractivity contribution in [1.29, 1.82) is 0 Å². The van der Waals surface area contributed by atoms with Gasteiger partial charge in [0, 0.05) is 32.0 Å². The zero-order valence-corrected chi connectivity index (χ0v) is 14.3. The molecule has 0 radical (unpaired) electrons. The molecule has 1 fully saturated rings. The summed E-state index contributed by atoms with van der Waals surface area (Å²) in [5.41, 5.74) is 2.39. The molecule has 2 heterocycles. The van der Waals surface area contributed by atoms with Crippen molar-refractivity contribution in [2.75, 3.05) is 19.6 Å². The summed E-state index contributed by atoms with van der Waals surface area (Å²) < 4.78 is 5.91. The van der Waals surface area contributed by atoms with Gasteiger partial charge in [0.2, 0.25) is 0 Å². The average molecular weight is 323 g/mol. The minimum absolute atomic E-state index is 0.229. The van der Waals surface area contributed by atoms with Crippen molar-refractivity contribution in [1.82, 2.24) is 14.9 Å². The van der Waals surface area contributed by atoms with Crippen molar-refractivity contribution >= 4 is 6.08 Å². The summed E-state index contributed by atoms with van der Waals surface area (Å²) in [6, 6.07) is 10.9. The SMILES string of the molecule is CCc1cnc(OC2CCN(CC=Cc3ccccc3)CC2)nc1. The molecule has 126 valence electrons. The van der Waals surface area contributed by atoms with Gasteiger partial charge >= 0.3 is 6.01 Å². The zero-order valence-electron chi connectivity index (χ0n) is 14.3. The van der Waals surface area contributed by atoms with Crippen molar-refractivity contribution < 1.29 is 4.74 Å². The minimum atomic E-state index is 0.229. The van der Waals surface area contributed by atoms with Gasteiger partial charge in [0.1, 0.15) is 6.10 Å². The van der Waals surface area contributed by atoms with Gasteiger partial charge in [-0.2, -0.15) is 0 Å². The molecule has 4 nitrogen and oxygen atoms in total. The van der Waals surface area contributed by atoms with Gasteiger partial charge in [0.05, 0.1) is 0 Å². The highest BCUT2D eigenvalue weighted by Gasteiger charge is 2.20. The van der Waals surface area contributed by atoms with E-state index in [1.54, 1.807) is 0 Å². The molecule has 1 aliphatic heterocycles. The largest absolute Gasteiger partial charge is 0.460 e. The summed E-state index contributed by atoms with van der Waals surface area (Å²) in [7, 11) is 0. The molecule has 0 saturated carbocycles. The van der Waals surface area contributed by atoms with Crippen molar-refractivity contribution in [3.05, 3.63) is 59.9 Å². The monoisotopic (exact) mass is 323 g/mol. The number of hydrogen-bond donors (Lipinski definition) is 0. The van der Waals surface area contributed by atoms with E-state index in [2.05, 4.69) is 58.2 Å². The molecule has 0 N–H and O–H groups in total. The molecule has 1 aromatic carbocycles. The summed E-state index contributed by atoms with van der Waals surface area (Å²) in [5, 5.41) is 0. The van der Waals surface area contributed by atoms with Crippen LogP contribution < -0.4 is 4.74 Å². The fourth-order valence-corrected chi connectivity index (χ4v) is 2.85. The van der Waals surface area contributed by atoms with Crippen LogP contribution in [-0.4, -0.2) is 40.6 Å². The Morgan fingerprint density at radius 2 is 1.83 bits per heavy atom. The van der Waals surface area contributed by atoms with E-state index in [-0.39, 0.29) is 6.10 Å². The summed E-state index contributed by atoms with van der Waals surface area (Å²) >= 11 is 0. The standard InChI is InChI=1S/C20H25N3O/c1-2-17-15-21-20(22-16-17)24-19-10-13-23(14-11-19)12-6-9-18-7-4-3-5-8-18/h3-9,15-16,19H,2,10-14H2,1H3. The first-order chi connectivity index (χ1) is 11.8. The molecule has 0 unspecified atom stereocenters. The second-order valence-electron chi connectivity index (χ2n) is 6.16. The quantitative estimate of drug-likeness (QED) is 0.814. The van der Waals surface area contributed by atoms with Crippen molar-refractivity contribution in [2.24, 2.45) is 0 Å². The number of aromatic nitrogens is 2. The Kier molecular flexibility index (Phi) is 5.96. The normalized spacial score (nSPS) is 16.5. The molecule has 4 heteroatoms. The number of nitrogens with zero attached hydrogens (tertiary/aromatic N) is 3. The van der Waals surface area contributed by atoms with Crippen LogP contribution in [0.4, 0.5) is 0 Å². The molecule has 24 heavy (non-hydrogen) atoms. The van der Waals surface area contributed by atoms with Crippen LogP contribution in [0.5, 0.6) is 6.01 Å². The van der Waals surface area contributed by atoms with Gasteiger partial charge in [-0.3, -0.25) is 4.90 Å². The van der Waals surface area contributed by atoms with E-state index < -0.39 is 0 Å². The molecule has 0 spiro atoms. The number of aryl methyl sites for hydroxylation is 1. The maximum Gasteiger partial charge on any atom is 0.316 e. The van der Waals surface area contributed by atoms with E-state index in [9.17, 15) is 0 Å². The van der Waals surface area contributed by atoms with Gasteiger partial charge in [-0.15, -0.1) is 0 Å². The third-order valence-electron chi connectivity index (χ3n) is 4.37. The van der Waals surface area contributed by atoms with E-state index in [0.717, 1.165) is 44.5 Å². The number of piperidine rings is 1. The van der Waals surface area contributed by atoms with Crippen LogP contribution in [0.2, 0.25) is 0 Å². The van der Waals surface area contributed by atoms with Gasteiger partial charge in [-0.1, -0.05) is 49.4 Å². The minimum Gasteiger partial charge on any atom is -0.460 e. The Balaban J connectivity index is 1.41. The lowest BCUT2D eigenvalue weighted by atomic mass is 10.1. The Bertz CT molecular complexity index is 632. The lowest BCUT2D eigenvalue weighted by molar-refractivity contribution is 0.0985. The number of likely N-dealkylation sites (tertiary alicyclic amines) is 1. The fraction of sp³-hybridized carbons (Fsp3) is 0.400. The number of hydrogen-bond acceptors (Lipinski definition) is 4. The van der Waals surface area contributed by atoms with Crippen LogP contribution in [0, 0.1) is 0 Å². The number of benzene rings is 1. The third-order valence-corrected chi connectivity index (χ3v) is 4.37. The van der Waals surface area contributed by atoms with E-state index >= 15 is 0 Å². The van der Waals surface area contributed by atoms with Crippen LogP contribution >= 0.6 is 0 Å². The van der Waals surface area contributed by atoms with Gasteiger partial charge in [0.25, 0.3) is 0 Å². The Labute approximate surface area is 144 Å². The molecule has 0 atom stereocenters. The van der Waals surface area contributed by atoms with Crippen molar-refractivity contribution in [3.63, 3.8) is 0 Å². The topological polar surface area (TPSA) is 38.2 Å². The Morgan fingerprint density at radius 3 is 2.50 bits per heavy atom. The Hall–Kier alpha value is -2.20. The molecule has 1 saturated heterocycles. The second kappa shape index (κ2) is 8.60. The second-order valence-corrected chi connectivity index (χ2v) is 6.16. The smallest absolute Gasteiger partial charge is 0.316 e. The highest BCUT2D eigenvalue weighted by molar-refractivity contribution is 5.48. The zero-order chi connectivity index (χ0) is 16.6. The van der Waals surface area contributed by atoms with E-state index in [1.165, 1.54) is 5.56 Å². The molecule has 1 aliphatic rings. The third kappa shape index (κ3) is 4.90. The summed E-state index contributed by atoms with van der Waals surface area (Å²) in [6.07, 6.45) is 11.4. The average Bonchev–Trinajstić information content (AvgIpc) is 2.65. The Morgan fingerprint density at radius 1 is 1.12 bits per heavy atom. The molecular weight excluding hydrogens is 298 g/mol. The van der Waals surface area contributed by atoms with Crippen LogP contribution in [-0.2, 0) is 6.42 Å². The summed E-state index contributed by atoms with van der Waals surface area (Å²) in [6.45, 7) is 5.19. The molecule has 0 aliphatic carbocycles. The van der Waals surface area contributed by atoms with Gasteiger partial charge in [0.15, 0.2) is 0 Å². The summed E-state index contributed by atoms with van der Waals surface area (Å²) in [5.74, 6) is 0. The predicted molar refractivity (Wildman–Crippen MR) is 97.0 cm³/mol. The number of ether oxygens (including phenoxy) is 1. The van der Waals surface area contributed by atoms with Crippen molar-refractivity contribution in [2.45, 2.75) is 32.3 Å². The highest BCUT2D eigenvalue weighted by Crippen LogP contribution is 2.16. The predicted octanol–water partition coefficient (Wildman–Crippen LogP) is 3.60. The lowest BCUT2D eigenvalue weighted by Gasteiger charge is -2.30. The van der Waals surface area contributed by atoms with Gasteiger partial charge < -0.3 is 4.74 Å². The molecule has 1 aromatic heterocycles. The van der Waals surface area contributed by atoms with Gasteiger partial charge in [-0.05, 0) is 30.4 Å². The highest BCUT2D eigenvalue weighted by atomic mass is 16.5. The maximum atomic E-state index is 5.91. The summed E-state index contributed by atoms with van der Waals surface area (Å²) in [4.78, 5) is 11.0. The van der Waals surface area contributed by atoms with E-state index in [1.807, 2.05) is 18.5 Å². The molecule has 2 aromatic rings. The van der Waals surface area contributed by atoms with E-state index in [0.29, 0.717) is 6.01 Å². The first-order valence-corrected chi connectivity index (χ1v) is 8.75. The molecule has 3 rings (SSSR count). The molecular formula is C20H25N3O. The first-order valence-electron chi connectivity index (χ1n) is 8.75. The van der Waals surface area contributed by atoms with Crippen molar-refractivity contribution in [3.8, 4) is 6.01 Å². The van der Waals surface area contributed by atoms with Crippen LogP contribution in [0.25, 0.3) is 6.08 Å². The molecule has 0 bridgehead atoms. The maximum absolute atomic E-state index is 5.91.